The number of nitrogens with zero attached hydrogens (tertiary/aromatic N) is 2. The summed E-state index contributed by atoms with van der Waals surface area (Å²) in [4.78, 5) is 28.5. The molecule has 2 amide bonds. The molecule has 0 saturated carbocycles. The summed E-state index contributed by atoms with van der Waals surface area (Å²) in [6, 6.07) is 0.302. The Morgan fingerprint density at radius 3 is 2.52 bits per heavy atom. The van der Waals surface area contributed by atoms with E-state index in [1.54, 1.807) is 6.08 Å². The maximum Gasteiger partial charge on any atom is 0.245 e. The van der Waals surface area contributed by atoms with E-state index in [4.69, 9.17) is 0 Å². The van der Waals surface area contributed by atoms with Gasteiger partial charge in [0.05, 0.1) is 0 Å². The van der Waals surface area contributed by atoms with Gasteiger partial charge in [-0.1, -0.05) is 6.08 Å². The third-order valence-electron chi connectivity index (χ3n) is 4.68. The lowest BCUT2D eigenvalue weighted by Crippen LogP contribution is -2.53. The van der Waals surface area contributed by atoms with E-state index in [9.17, 15) is 9.59 Å². The molecular weight excluding hydrogens is 266 g/mol. The molecule has 2 aliphatic heterocycles. The van der Waals surface area contributed by atoms with Crippen molar-refractivity contribution in [3.8, 4) is 0 Å². The average molecular weight is 293 g/mol. The van der Waals surface area contributed by atoms with Crippen LogP contribution >= 0.6 is 0 Å². The van der Waals surface area contributed by atoms with Gasteiger partial charge in [0, 0.05) is 25.6 Å². The Kier molecular flexibility index (Phi) is 5.39. The number of likely N-dealkylation sites (N-methyl/N-ethyl adjacent to an activating group) is 1. The van der Waals surface area contributed by atoms with Crippen LogP contribution in [0.25, 0.3) is 0 Å². The fraction of sp³-hybridized carbons (Fsp3) is 0.750. The third kappa shape index (κ3) is 3.64. The molecule has 1 N–H and O–H groups in total. The monoisotopic (exact) mass is 293 g/mol. The van der Waals surface area contributed by atoms with Crippen molar-refractivity contribution >= 4 is 11.8 Å². The Morgan fingerprint density at radius 1 is 1.29 bits per heavy atom. The summed E-state index contributed by atoms with van der Waals surface area (Å²) in [5.41, 5.74) is 0. The molecule has 118 valence electrons. The maximum absolute atomic E-state index is 12.8. The van der Waals surface area contributed by atoms with Gasteiger partial charge >= 0.3 is 0 Å². The minimum absolute atomic E-state index is 0.0490. The molecule has 0 bridgehead atoms. The van der Waals surface area contributed by atoms with E-state index in [2.05, 4.69) is 23.8 Å². The molecule has 0 aliphatic carbocycles. The van der Waals surface area contributed by atoms with Crippen molar-refractivity contribution in [2.75, 3.05) is 20.1 Å². The summed E-state index contributed by atoms with van der Waals surface area (Å²) in [5, 5.41) is 2.76. The molecule has 2 fully saturated rings. The largest absolute Gasteiger partial charge is 0.344 e. The molecule has 0 aromatic rings. The quantitative estimate of drug-likeness (QED) is 0.774. The Balaban J connectivity index is 2.08. The minimum atomic E-state index is -0.465. The lowest BCUT2D eigenvalue weighted by molar-refractivity contribution is -0.137. The highest BCUT2D eigenvalue weighted by Gasteiger charge is 2.40. The molecule has 0 aromatic heterocycles. The highest BCUT2D eigenvalue weighted by atomic mass is 16.2. The number of hydrogen-bond acceptors (Lipinski definition) is 3. The Hall–Kier alpha value is -1.36. The van der Waals surface area contributed by atoms with Crippen LogP contribution in [-0.2, 0) is 9.59 Å². The van der Waals surface area contributed by atoms with Gasteiger partial charge in [0.1, 0.15) is 6.04 Å². The lowest BCUT2D eigenvalue weighted by atomic mass is 10.0. The van der Waals surface area contributed by atoms with Gasteiger partial charge in [-0.15, -0.1) is 6.58 Å². The molecule has 3 atom stereocenters. The van der Waals surface area contributed by atoms with E-state index in [1.165, 1.54) is 13.3 Å². The minimum Gasteiger partial charge on any atom is -0.344 e. The predicted octanol–water partition coefficient (Wildman–Crippen LogP) is 1.15. The summed E-state index contributed by atoms with van der Waals surface area (Å²) in [7, 11) is 2.15. The second kappa shape index (κ2) is 7.07. The fourth-order valence-corrected chi connectivity index (χ4v) is 3.72. The number of carbonyl (C=O) groups excluding carboxylic acids is 2. The van der Waals surface area contributed by atoms with Crippen molar-refractivity contribution in [3.05, 3.63) is 12.7 Å². The van der Waals surface area contributed by atoms with Crippen LogP contribution in [-0.4, -0.2) is 59.9 Å². The number of amides is 2. The highest BCUT2D eigenvalue weighted by molar-refractivity contribution is 5.87. The van der Waals surface area contributed by atoms with Crippen LogP contribution in [0.3, 0.4) is 0 Å². The van der Waals surface area contributed by atoms with Crippen LogP contribution in [0.5, 0.6) is 0 Å². The first-order valence-corrected chi connectivity index (χ1v) is 7.93. The Morgan fingerprint density at radius 2 is 1.95 bits per heavy atom. The molecular formula is C16H27N3O2. The zero-order valence-corrected chi connectivity index (χ0v) is 13.2. The Labute approximate surface area is 127 Å². The highest BCUT2D eigenvalue weighted by Crippen LogP contribution is 2.29. The number of carbonyl (C=O) groups is 2. The van der Waals surface area contributed by atoms with E-state index in [1.807, 2.05) is 4.90 Å². The molecule has 2 heterocycles. The molecule has 0 spiro atoms. The molecule has 5 nitrogen and oxygen atoms in total. The lowest BCUT2D eigenvalue weighted by Gasteiger charge is -2.35. The van der Waals surface area contributed by atoms with Crippen LogP contribution in [0, 0.1) is 0 Å². The van der Waals surface area contributed by atoms with E-state index < -0.39 is 6.04 Å². The topological polar surface area (TPSA) is 52.7 Å². The molecule has 0 radical (unpaired) electrons. The molecule has 2 rings (SSSR count). The third-order valence-corrected chi connectivity index (χ3v) is 4.68. The number of nitrogens with one attached hydrogen (secondary N) is 1. The van der Waals surface area contributed by atoms with Crippen LogP contribution in [0.1, 0.15) is 39.0 Å². The summed E-state index contributed by atoms with van der Waals surface area (Å²) in [6.07, 6.45) is 6.69. The van der Waals surface area contributed by atoms with Gasteiger partial charge in [-0.25, -0.2) is 0 Å². The number of hydrogen-bond donors (Lipinski definition) is 1. The standard InChI is InChI=1S/C16H27N3O2/c1-4-7-13(17-12(2)20)16(21)19-11-6-9-15(19)14-8-5-10-18(14)3/h4,13-15H,1,5-11H2,2-3H3,(H,17,20)/t13-,14+,15-/m0/s1. The summed E-state index contributed by atoms with van der Waals surface area (Å²) in [5.74, 6) is -0.114. The van der Waals surface area contributed by atoms with Gasteiger partial charge in [-0.3, -0.25) is 9.59 Å². The maximum atomic E-state index is 12.8. The van der Waals surface area contributed by atoms with Gasteiger partial charge < -0.3 is 15.1 Å². The summed E-state index contributed by atoms with van der Waals surface area (Å²) < 4.78 is 0. The van der Waals surface area contributed by atoms with Gasteiger partial charge in [-0.2, -0.15) is 0 Å². The average Bonchev–Trinajstić information content (AvgIpc) is 3.04. The SMILES string of the molecule is C=CC[C@H](NC(C)=O)C(=O)N1CCC[C@H]1[C@H]1CCCN1C. The summed E-state index contributed by atoms with van der Waals surface area (Å²) >= 11 is 0. The first kappa shape index (κ1) is 16.0. The first-order valence-electron chi connectivity index (χ1n) is 7.93. The van der Waals surface area contributed by atoms with E-state index in [-0.39, 0.29) is 11.8 Å². The predicted molar refractivity (Wildman–Crippen MR) is 82.8 cm³/mol. The molecule has 0 unspecified atom stereocenters. The first-order chi connectivity index (χ1) is 10.0. The van der Waals surface area contributed by atoms with Crippen molar-refractivity contribution in [3.63, 3.8) is 0 Å². The molecule has 2 saturated heterocycles. The molecule has 5 heteroatoms. The Bertz CT molecular complexity index is 410. The van der Waals surface area contributed by atoms with Crippen molar-refractivity contribution in [1.82, 2.24) is 15.1 Å². The van der Waals surface area contributed by atoms with Crippen LogP contribution in [0.4, 0.5) is 0 Å². The normalized spacial score (nSPS) is 27.6. The van der Waals surface area contributed by atoms with Crippen LogP contribution < -0.4 is 5.32 Å². The zero-order chi connectivity index (χ0) is 15.4. The number of likely N-dealkylation sites (tertiary alicyclic amines) is 2. The zero-order valence-electron chi connectivity index (χ0n) is 13.2. The van der Waals surface area contributed by atoms with E-state index in [0.717, 1.165) is 32.4 Å². The number of rotatable bonds is 5. The van der Waals surface area contributed by atoms with Crippen molar-refractivity contribution in [2.45, 2.75) is 57.2 Å². The fourth-order valence-electron chi connectivity index (χ4n) is 3.72. The second-order valence-electron chi connectivity index (χ2n) is 6.21. The van der Waals surface area contributed by atoms with Gasteiger partial charge in [0.2, 0.25) is 11.8 Å². The second-order valence-corrected chi connectivity index (χ2v) is 6.21. The smallest absolute Gasteiger partial charge is 0.245 e. The van der Waals surface area contributed by atoms with Crippen LogP contribution in [0.15, 0.2) is 12.7 Å². The van der Waals surface area contributed by atoms with Crippen molar-refractivity contribution in [2.24, 2.45) is 0 Å². The molecule has 0 aromatic carbocycles. The van der Waals surface area contributed by atoms with Gasteiger partial charge in [0.15, 0.2) is 0 Å². The summed E-state index contributed by atoms with van der Waals surface area (Å²) in [6.45, 7) is 7.07. The van der Waals surface area contributed by atoms with E-state index >= 15 is 0 Å². The van der Waals surface area contributed by atoms with Crippen molar-refractivity contribution < 1.29 is 9.59 Å². The van der Waals surface area contributed by atoms with Crippen LogP contribution in [0.2, 0.25) is 0 Å². The van der Waals surface area contributed by atoms with Gasteiger partial charge in [-0.05, 0) is 45.7 Å². The molecule has 21 heavy (non-hydrogen) atoms. The van der Waals surface area contributed by atoms with Gasteiger partial charge in [0.25, 0.3) is 0 Å². The molecule has 2 aliphatic rings. The van der Waals surface area contributed by atoms with E-state index in [0.29, 0.717) is 18.5 Å². The van der Waals surface area contributed by atoms with Crippen molar-refractivity contribution in [1.29, 1.82) is 0 Å².